The zero-order valence-electron chi connectivity index (χ0n) is 18.8. The highest BCUT2D eigenvalue weighted by Gasteiger charge is 2.20. The van der Waals surface area contributed by atoms with Gasteiger partial charge in [-0.3, -0.25) is 9.78 Å². The van der Waals surface area contributed by atoms with Crippen molar-refractivity contribution >= 4 is 11.6 Å². The summed E-state index contributed by atoms with van der Waals surface area (Å²) in [4.78, 5) is 16.9. The monoisotopic (exact) mass is 458 g/mol. The zero-order chi connectivity index (χ0) is 23.9. The van der Waals surface area contributed by atoms with Gasteiger partial charge in [0.05, 0.1) is 25.8 Å². The first kappa shape index (κ1) is 22.5. The number of amides is 1. The fraction of sp³-hybridized carbons (Fsp3) is 0.160. The van der Waals surface area contributed by atoms with Crippen LogP contribution in [0.1, 0.15) is 30.6 Å². The van der Waals surface area contributed by atoms with Gasteiger partial charge in [0.1, 0.15) is 18.3 Å². The predicted octanol–water partition coefficient (Wildman–Crippen LogP) is 3.40. The Morgan fingerprint density at radius 2 is 2.00 bits per heavy atom. The first-order valence-corrected chi connectivity index (χ1v) is 10.6. The van der Waals surface area contributed by atoms with Crippen molar-refractivity contribution in [2.24, 2.45) is 7.05 Å². The maximum Gasteiger partial charge on any atom is 0.308 e. The van der Waals surface area contributed by atoms with Crippen molar-refractivity contribution in [2.45, 2.75) is 12.6 Å². The van der Waals surface area contributed by atoms with Gasteiger partial charge in [-0.25, -0.2) is 4.57 Å². The third-order valence-electron chi connectivity index (χ3n) is 5.39. The molecule has 0 saturated heterocycles. The van der Waals surface area contributed by atoms with Crippen molar-refractivity contribution in [2.75, 3.05) is 12.4 Å². The number of pyridine rings is 1. The smallest absolute Gasteiger partial charge is 0.308 e. The lowest BCUT2D eigenvalue weighted by Crippen LogP contribution is -2.34. The van der Waals surface area contributed by atoms with Gasteiger partial charge >= 0.3 is 5.82 Å². The van der Waals surface area contributed by atoms with Crippen molar-refractivity contribution < 1.29 is 17.0 Å². The van der Waals surface area contributed by atoms with Crippen molar-refractivity contribution in [1.82, 2.24) is 20.5 Å². The number of rotatable bonds is 8. The number of nitrogens with zero attached hydrogens (tertiary/aromatic N) is 4. The number of H-pyrrole nitrogens is 1. The molecule has 4 aromatic rings. The third kappa shape index (κ3) is 4.86. The van der Waals surface area contributed by atoms with E-state index in [2.05, 4.69) is 31.9 Å². The lowest BCUT2D eigenvalue weighted by atomic mass is 10.1. The molecule has 0 spiro atoms. The van der Waals surface area contributed by atoms with Crippen LogP contribution in [0.4, 0.5) is 5.69 Å². The summed E-state index contributed by atoms with van der Waals surface area (Å²) in [6, 6.07) is 19.3. The first-order chi connectivity index (χ1) is 16.6. The van der Waals surface area contributed by atoms with Crippen LogP contribution in [0.2, 0.25) is 0 Å². The summed E-state index contributed by atoms with van der Waals surface area (Å²) in [7, 11) is 3.46. The minimum absolute atomic E-state index is 0. The van der Waals surface area contributed by atoms with Crippen LogP contribution in [0.15, 0.2) is 73.1 Å². The Kier molecular flexibility index (Phi) is 6.79. The molecule has 9 nitrogen and oxygen atoms in total. The van der Waals surface area contributed by atoms with Crippen LogP contribution >= 0.6 is 0 Å². The van der Waals surface area contributed by atoms with Gasteiger partial charge in [0.25, 0.3) is 11.7 Å². The molecule has 0 bridgehead atoms. The number of benzene rings is 2. The molecule has 0 unspecified atom stereocenters. The van der Waals surface area contributed by atoms with Gasteiger partial charge in [0.2, 0.25) is 0 Å². The molecule has 0 saturated carbocycles. The summed E-state index contributed by atoms with van der Waals surface area (Å²) in [5.74, 6) is 1.85. The van der Waals surface area contributed by atoms with E-state index >= 15 is 0 Å². The summed E-state index contributed by atoms with van der Waals surface area (Å²) in [6.07, 6.45) is 3.45. The van der Waals surface area contributed by atoms with E-state index in [1.165, 1.54) is 7.11 Å². The number of methoxy groups -OCH3 is 1. The number of carbonyl (C=O) groups is 1. The second-order valence-corrected chi connectivity index (χ2v) is 7.50. The zero-order valence-corrected chi connectivity index (χ0v) is 18.8. The molecule has 0 aliphatic rings. The van der Waals surface area contributed by atoms with E-state index in [1.54, 1.807) is 48.8 Å². The number of hydrogen-bond donors (Lipinski definition) is 3. The van der Waals surface area contributed by atoms with E-state index in [1.807, 2.05) is 35.9 Å². The highest BCUT2D eigenvalue weighted by molar-refractivity contribution is 5.95. The number of aromatic amines is 1. The molecule has 1 atom stereocenters. The lowest BCUT2D eigenvalue weighted by Gasteiger charge is -2.15. The van der Waals surface area contributed by atoms with Crippen molar-refractivity contribution in [1.29, 1.82) is 5.26 Å². The van der Waals surface area contributed by atoms with Gasteiger partial charge in [0.15, 0.2) is 0 Å². The Morgan fingerprint density at radius 1 is 1.21 bits per heavy atom. The molecular formula is C25H28N7O2+. The molecular weight excluding hydrogens is 430 g/mol. The average Bonchev–Trinajstić information content (AvgIpc) is 3.26. The maximum absolute atomic E-state index is 12.9. The van der Waals surface area contributed by atoms with Gasteiger partial charge in [-0.15, -0.1) is 5.10 Å². The minimum atomic E-state index is -0.837. The molecule has 9 heteroatoms. The topological polar surface area (TPSA) is 120 Å². The van der Waals surface area contributed by atoms with Crippen molar-refractivity contribution in [3.05, 3.63) is 90.0 Å². The summed E-state index contributed by atoms with van der Waals surface area (Å²) in [5.41, 5.74) is 2.76. The molecule has 34 heavy (non-hydrogen) atoms. The first-order valence-electron chi connectivity index (χ1n) is 10.6. The fourth-order valence-electron chi connectivity index (χ4n) is 3.57. The van der Waals surface area contributed by atoms with E-state index in [9.17, 15) is 10.1 Å². The van der Waals surface area contributed by atoms with Crippen LogP contribution in [-0.4, -0.2) is 28.2 Å². The van der Waals surface area contributed by atoms with Crippen LogP contribution in [-0.2, 0) is 13.6 Å². The lowest BCUT2D eigenvalue weighted by molar-refractivity contribution is -0.668. The molecule has 0 fully saturated rings. The number of anilines is 1. The normalized spacial score (nSPS) is 11.3. The Labute approximate surface area is 200 Å². The molecule has 2 aromatic heterocycles. The summed E-state index contributed by atoms with van der Waals surface area (Å²) in [5, 5.41) is 23.1. The van der Waals surface area contributed by atoms with Gasteiger partial charge in [-0.2, -0.15) is 5.26 Å². The van der Waals surface area contributed by atoms with E-state index < -0.39 is 6.04 Å². The molecule has 1 amide bonds. The fourth-order valence-corrected chi connectivity index (χ4v) is 3.57. The van der Waals surface area contributed by atoms with Gasteiger partial charge in [0, 0.05) is 37.2 Å². The van der Waals surface area contributed by atoms with E-state index in [4.69, 9.17) is 4.74 Å². The van der Waals surface area contributed by atoms with Gasteiger partial charge < -0.3 is 15.4 Å². The van der Waals surface area contributed by atoms with Crippen LogP contribution in [0, 0.1) is 11.3 Å². The number of carbonyl (C=O) groups excluding carboxylic acids is 1. The summed E-state index contributed by atoms with van der Waals surface area (Å²) in [6.45, 7) is 0.474. The van der Waals surface area contributed by atoms with E-state index in [0.29, 0.717) is 23.4 Å². The number of nitrogens with one attached hydrogen (secondary N) is 3. The summed E-state index contributed by atoms with van der Waals surface area (Å²) < 4.78 is 7.28. The molecule has 0 radical (unpaired) electrons. The van der Waals surface area contributed by atoms with Crippen molar-refractivity contribution in [3.8, 4) is 23.2 Å². The molecule has 174 valence electrons. The second kappa shape index (κ2) is 10.3. The minimum Gasteiger partial charge on any atom is -0.496 e. The second-order valence-electron chi connectivity index (χ2n) is 7.50. The van der Waals surface area contributed by atoms with Crippen LogP contribution in [0.5, 0.6) is 5.75 Å². The number of hydrogen-bond acceptors (Lipinski definition) is 6. The SMILES string of the molecule is COc1ccccc1[C@@H](C#N)NC(=O)c1cccc(NCc2[nH]nc(-c3ccncc3)[n+]2C)c1.[HH].[HH]. The third-order valence-corrected chi connectivity index (χ3v) is 5.39. The van der Waals surface area contributed by atoms with E-state index in [-0.39, 0.29) is 8.76 Å². The quantitative estimate of drug-likeness (QED) is 0.348. The Hall–Kier alpha value is -4.71. The number of ether oxygens (including phenoxy) is 1. The Morgan fingerprint density at radius 3 is 2.76 bits per heavy atom. The Balaban J connectivity index is 0.00000228. The molecule has 2 heterocycles. The van der Waals surface area contributed by atoms with Gasteiger partial charge in [-0.1, -0.05) is 24.3 Å². The molecule has 2 aromatic carbocycles. The van der Waals surface area contributed by atoms with Crippen molar-refractivity contribution in [3.63, 3.8) is 0 Å². The molecule has 3 N–H and O–H groups in total. The number of para-hydroxylation sites is 1. The van der Waals surface area contributed by atoms with Crippen LogP contribution < -0.4 is 19.9 Å². The molecule has 4 rings (SSSR count). The molecule has 0 aliphatic carbocycles. The van der Waals surface area contributed by atoms with Crippen LogP contribution in [0.3, 0.4) is 0 Å². The standard InChI is InChI=1S/C25H23N7O2.2H2/c1-32-23(30-31-24(32)17-10-12-27-13-11-17)16-28-19-7-5-6-18(14-19)25(33)29-21(15-26)20-8-3-4-9-22(20)34-2;;/h3-14,21,28H,16H2,1-2H3,(H,29,33);2*1H/p+1/t21-;;/m1../s1. The van der Waals surface area contributed by atoms with E-state index in [0.717, 1.165) is 22.9 Å². The van der Waals surface area contributed by atoms with Crippen LogP contribution in [0.25, 0.3) is 11.4 Å². The predicted molar refractivity (Wildman–Crippen MR) is 130 cm³/mol. The Bertz CT molecular complexity index is 1340. The highest BCUT2D eigenvalue weighted by atomic mass is 16.5. The maximum atomic E-state index is 12.9. The van der Waals surface area contributed by atoms with Gasteiger partial charge in [-0.05, 0) is 36.4 Å². The number of aromatic nitrogens is 4. The highest BCUT2D eigenvalue weighted by Crippen LogP contribution is 2.25. The molecule has 0 aliphatic heterocycles. The average molecular weight is 459 g/mol. The number of nitriles is 1. The summed E-state index contributed by atoms with van der Waals surface area (Å²) >= 11 is 0. The largest absolute Gasteiger partial charge is 0.496 e.